The normalized spacial score (nSPS) is 14.1. The molecule has 0 radical (unpaired) electrons. The third-order valence-electron chi connectivity index (χ3n) is 3.72. The molecule has 1 saturated carbocycles. The fourth-order valence-corrected chi connectivity index (χ4v) is 2.46. The van der Waals surface area contributed by atoms with Crippen LogP contribution in [0.25, 0.3) is 0 Å². The summed E-state index contributed by atoms with van der Waals surface area (Å²) >= 11 is 0. The molecule has 1 fully saturated rings. The molecule has 0 bridgehead atoms. The fraction of sp³-hybridized carbons (Fsp3) is 0.588. The number of amides is 1. The topological polar surface area (TPSA) is 38.8 Å². The largest absolute Gasteiger partial charge is 0.497 e. The molecule has 1 aliphatic rings. The fourth-order valence-electron chi connectivity index (χ4n) is 2.46. The van der Waals surface area contributed by atoms with Crippen LogP contribution in [0.4, 0.5) is 0 Å². The van der Waals surface area contributed by atoms with E-state index in [1.54, 1.807) is 14.2 Å². The summed E-state index contributed by atoms with van der Waals surface area (Å²) in [6.45, 7) is 4.75. The molecule has 1 aliphatic carbocycles. The van der Waals surface area contributed by atoms with Crippen molar-refractivity contribution >= 4 is 5.91 Å². The summed E-state index contributed by atoms with van der Waals surface area (Å²) in [7, 11) is 3.30. The summed E-state index contributed by atoms with van der Waals surface area (Å²) in [5.41, 5.74) is 1.00. The number of hydrogen-bond acceptors (Lipinski definition) is 3. The lowest BCUT2D eigenvalue weighted by Crippen LogP contribution is -2.33. The van der Waals surface area contributed by atoms with Crippen molar-refractivity contribution in [1.29, 1.82) is 0 Å². The highest BCUT2D eigenvalue weighted by atomic mass is 16.5. The second-order valence-electron chi connectivity index (χ2n) is 6.03. The first-order chi connectivity index (χ1) is 10.0. The zero-order valence-electron chi connectivity index (χ0n) is 13.4. The Morgan fingerprint density at radius 2 is 2.00 bits per heavy atom. The molecule has 4 nitrogen and oxygen atoms in total. The van der Waals surface area contributed by atoms with Crippen molar-refractivity contribution in [2.75, 3.05) is 14.2 Å². The van der Waals surface area contributed by atoms with Gasteiger partial charge in [0.2, 0.25) is 5.91 Å². The van der Waals surface area contributed by atoms with Crippen LogP contribution in [0, 0.1) is 5.92 Å². The first-order valence-electron chi connectivity index (χ1n) is 7.55. The maximum atomic E-state index is 12.4. The summed E-state index contributed by atoms with van der Waals surface area (Å²) in [4.78, 5) is 14.4. The summed E-state index contributed by atoms with van der Waals surface area (Å²) in [5, 5.41) is 0. The zero-order chi connectivity index (χ0) is 15.4. The number of ether oxygens (including phenoxy) is 2. The smallest absolute Gasteiger partial charge is 0.223 e. The minimum atomic E-state index is 0.234. The van der Waals surface area contributed by atoms with E-state index in [1.165, 1.54) is 0 Å². The molecule has 0 N–H and O–H groups in total. The second kappa shape index (κ2) is 6.83. The predicted molar refractivity (Wildman–Crippen MR) is 82.6 cm³/mol. The summed E-state index contributed by atoms with van der Waals surface area (Å²) in [6, 6.07) is 6.12. The van der Waals surface area contributed by atoms with E-state index >= 15 is 0 Å². The third kappa shape index (κ3) is 4.13. The Morgan fingerprint density at radius 3 is 2.52 bits per heavy atom. The van der Waals surface area contributed by atoms with Gasteiger partial charge in [-0.05, 0) is 37.0 Å². The van der Waals surface area contributed by atoms with Crippen LogP contribution in [0.1, 0.15) is 38.7 Å². The number of carbonyl (C=O) groups is 1. The molecule has 0 aromatic heterocycles. The van der Waals surface area contributed by atoms with Gasteiger partial charge in [-0.2, -0.15) is 0 Å². The van der Waals surface area contributed by atoms with Crippen LogP contribution in [0.5, 0.6) is 11.5 Å². The minimum Gasteiger partial charge on any atom is -0.497 e. The standard InChI is InChI=1S/C17H25NO3/c1-12(2)9-17(19)18(14-5-6-14)11-13-10-15(20-3)7-8-16(13)21-4/h7-8,10,12,14H,5-6,9,11H2,1-4H3. The Morgan fingerprint density at radius 1 is 1.29 bits per heavy atom. The monoisotopic (exact) mass is 291 g/mol. The van der Waals surface area contributed by atoms with Gasteiger partial charge in [0.05, 0.1) is 14.2 Å². The Kier molecular flexibility index (Phi) is 5.10. The Labute approximate surface area is 127 Å². The molecule has 21 heavy (non-hydrogen) atoms. The van der Waals surface area contributed by atoms with Gasteiger partial charge in [0.25, 0.3) is 0 Å². The maximum Gasteiger partial charge on any atom is 0.223 e. The van der Waals surface area contributed by atoms with Crippen LogP contribution in [0.2, 0.25) is 0 Å². The van der Waals surface area contributed by atoms with Gasteiger partial charge in [-0.3, -0.25) is 4.79 Å². The minimum absolute atomic E-state index is 0.234. The first-order valence-corrected chi connectivity index (χ1v) is 7.55. The molecule has 1 aromatic rings. The molecule has 116 valence electrons. The molecule has 0 spiro atoms. The number of carbonyl (C=O) groups excluding carboxylic acids is 1. The van der Waals surface area contributed by atoms with Gasteiger partial charge in [0, 0.05) is 24.6 Å². The van der Waals surface area contributed by atoms with Gasteiger partial charge in [0.15, 0.2) is 0 Å². The van der Waals surface area contributed by atoms with Crippen molar-refractivity contribution in [3.05, 3.63) is 23.8 Å². The van der Waals surface area contributed by atoms with E-state index in [1.807, 2.05) is 23.1 Å². The highest BCUT2D eigenvalue weighted by molar-refractivity contribution is 5.77. The molecule has 0 heterocycles. The summed E-state index contributed by atoms with van der Waals surface area (Å²) < 4.78 is 10.7. The molecule has 2 rings (SSSR count). The second-order valence-corrected chi connectivity index (χ2v) is 6.03. The Bertz CT molecular complexity index is 495. The SMILES string of the molecule is COc1ccc(OC)c(CN(C(=O)CC(C)C)C2CC2)c1. The van der Waals surface area contributed by atoms with Crippen LogP contribution < -0.4 is 9.47 Å². The summed E-state index contributed by atoms with van der Waals surface area (Å²) in [5.74, 6) is 2.21. The van der Waals surface area contributed by atoms with Crippen molar-refractivity contribution in [2.45, 2.75) is 45.7 Å². The van der Waals surface area contributed by atoms with Gasteiger partial charge >= 0.3 is 0 Å². The van der Waals surface area contributed by atoms with Crippen LogP contribution in [0.15, 0.2) is 18.2 Å². The van der Waals surface area contributed by atoms with E-state index in [4.69, 9.17) is 9.47 Å². The Hall–Kier alpha value is -1.71. The third-order valence-corrected chi connectivity index (χ3v) is 3.72. The van der Waals surface area contributed by atoms with Crippen LogP contribution in [0.3, 0.4) is 0 Å². The van der Waals surface area contributed by atoms with Crippen molar-refractivity contribution in [3.63, 3.8) is 0 Å². The van der Waals surface area contributed by atoms with Gasteiger partial charge in [-0.15, -0.1) is 0 Å². The first kappa shape index (κ1) is 15.7. The van der Waals surface area contributed by atoms with Gasteiger partial charge < -0.3 is 14.4 Å². The predicted octanol–water partition coefficient (Wildman–Crippen LogP) is 3.24. The number of rotatable bonds is 7. The Balaban J connectivity index is 2.18. The molecule has 0 atom stereocenters. The van der Waals surface area contributed by atoms with Crippen LogP contribution in [-0.2, 0) is 11.3 Å². The lowest BCUT2D eigenvalue weighted by Gasteiger charge is -2.24. The van der Waals surface area contributed by atoms with E-state index in [0.29, 0.717) is 24.9 Å². The number of methoxy groups -OCH3 is 2. The molecule has 0 unspecified atom stereocenters. The maximum absolute atomic E-state index is 12.4. The van der Waals surface area contributed by atoms with Gasteiger partial charge in [0.1, 0.15) is 11.5 Å². The van der Waals surface area contributed by atoms with E-state index in [9.17, 15) is 4.79 Å². The summed E-state index contributed by atoms with van der Waals surface area (Å²) in [6.07, 6.45) is 2.81. The van der Waals surface area contributed by atoms with Gasteiger partial charge in [-0.25, -0.2) is 0 Å². The van der Waals surface area contributed by atoms with Crippen molar-refractivity contribution in [1.82, 2.24) is 4.90 Å². The lowest BCUT2D eigenvalue weighted by atomic mass is 10.1. The van der Waals surface area contributed by atoms with E-state index in [0.717, 1.165) is 29.9 Å². The molecule has 1 amide bonds. The van der Waals surface area contributed by atoms with Gasteiger partial charge in [-0.1, -0.05) is 13.8 Å². The average molecular weight is 291 g/mol. The molecule has 4 heteroatoms. The van der Waals surface area contributed by atoms with Crippen molar-refractivity contribution in [3.8, 4) is 11.5 Å². The number of hydrogen-bond donors (Lipinski definition) is 0. The number of nitrogens with zero attached hydrogens (tertiary/aromatic N) is 1. The molecular weight excluding hydrogens is 266 g/mol. The highest BCUT2D eigenvalue weighted by Gasteiger charge is 2.33. The zero-order valence-corrected chi connectivity index (χ0v) is 13.4. The molecular formula is C17H25NO3. The van der Waals surface area contributed by atoms with E-state index < -0.39 is 0 Å². The van der Waals surface area contributed by atoms with E-state index in [2.05, 4.69) is 13.8 Å². The average Bonchev–Trinajstić information content (AvgIpc) is 3.28. The van der Waals surface area contributed by atoms with Crippen LogP contribution in [-0.4, -0.2) is 31.1 Å². The molecule has 0 saturated heterocycles. The van der Waals surface area contributed by atoms with E-state index in [-0.39, 0.29) is 5.91 Å². The van der Waals surface area contributed by atoms with Crippen molar-refractivity contribution in [2.24, 2.45) is 5.92 Å². The highest BCUT2D eigenvalue weighted by Crippen LogP contribution is 2.32. The molecule has 0 aliphatic heterocycles. The number of benzene rings is 1. The molecule has 1 aromatic carbocycles. The van der Waals surface area contributed by atoms with Crippen molar-refractivity contribution < 1.29 is 14.3 Å². The quantitative estimate of drug-likeness (QED) is 0.774. The van der Waals surface area contributed by atoms with Crippen LogP contribution >= 0.6 is 0 Å². The lowest BCUT2D eigenvalue weighted by molar-refractivity contribution is -0.133.